The molecular weight excluding hydrogens is 260 g/mol. The SMILES string of the molecule is Cc1ccccc1-n1nc(CN2CCCCCC2)cc1N. The van der Waals surface area contributed by atoms with E-state index in [9.17, 15) is 0 Å². The number of anilines is 1. The average molecular weight is 284 g/mol. The molecule has 4 nitrogen and oxygen atoms in total. The molecule has 0 amide bonds. The van der Waals surface area contributed by atoms with Crippen LogP contribution in [-0.4, -0.2) is 27.8 Å². The molecule has 2 heterocycles. The zero-order valence-corrected chi connectivity index (χ0v) is 12.8. The molecule has 3 rings (SSSR count). The Labute approximate surface area is 126 Å². The molecule has 1 aromatic heterocycles. The van der Waals surface area contributed by atoms with Gasteiger partial charge in [0.2, 0.25) is 0 Å². The number of nitrogen functional groups attached to an aromatic ring is 1. The van der Waals surface area contributed by atoms with Crippen molar-refractivity contribution in [2.45, 2.75) is 39.2 Å². The van der Waals surface area contributed by atoms with Crippen molar-refractivity contribution in [2.75, 3.05) is 18.8 Å². The van der Waals surface area contributed by atoms with Crippen LogP contribution in [0.1, 0.15) is 36.9 Å². The Morgan fingerprint density at radius 2 is 1.81 bits per heavy atom. The molecule has 1 saturated heterocycles. The van der Waals surface area contributed by atoms with Crippen LogP contribution in [0.25, 0.3) is 5.69 Å². The van der Waals surface area contributed by atoms with Gasteiger partial charge in [0, 0.05) is 12.6 Å². The van der Waals surface area contributed by atoms with Gasteiger partial charge in [0.15, 0.2) is 0 Å². The first kappa shape index (κ1) is 14.1. The molecule has 2 aromatic rings. The van der Waals surface area contributed by atoms with Gasteiger partial charge in [-0.1, -0.05) is 31.0 Å². The molecule has 0 unspecified atom stereocenters. The van der Waals surface area contributed by atoms with Crippen molar-refractivity contribution >= 4 is 5.82 Å². The molecule has 0 spiro atoms. The highest BCUT2D eigenvalue weighted by Crippen LogP contribution is 2.19. The van der Waals surface area contributed by atoms with Crippen LogP contribution in [0.15, 0.2) is 30.3 Å². The quantitative estimate of drug-likeness (QED) is 0.942. The predicted octanol–water partition coefficient (Wildman–Crippen LogP) is 3.14. The highest BCUT2D eigenvalue weighted by atomic mass is 15.3. The third kappa shape index (κ3) is 3.27. The van der Waals surface area contributed by atoms with Gasteiger partial charge in [-0.25, -0.2) is 4.68 Å². The second-order valence-corrected chi connectivity index (χ2v) is 5.95. The summed E-state index contributed by atoms with van der Waals surface area (Å²) in [6.07, 6.45) is 5.31. The summed E-state index contributed by atoms with van der Waals surface area (Å²) in [5.41, 5.74) is 9.48. The van der Waals surface area contributed by atoms with E-state index < -0.39 is 0 Å². The number of aryl methyl sites for hydroxylation is 1. The van der Waals surface area contributed by atoms with E-state index >= 15 is 0 Å². The lowest BCUT2D eigenvalue weighted by molar-refractivity contribution is 0.273. The van der Waals surface area contributed by atoms with Crippen molar-refractivity contribution in [2.24, 2.45) is 0 Å². The molecule has 1 aromatic carbocycles. The number of benzene rings is 1. The van der Waals surface area contributed by atoms with Gasteiger partial charge >= 0.3 is 0 Å². The van der Waals surface area contributed by atoms with Gasteiger partial charge in [0.05, 0.1) is 11.4 Å². The van der Waals surface area contributed by atoms with Gasteiger partial charge < -0.3 is 5.73 Å². The molecule has 0 saturated carbocycles. The van der Waals surface area contributed by atoms with E-state index in [1.165, 1.54) is 44.3 Å². The first-order valence-electron chi connectivity index (χ1n) is 7.87. The Bertz CT molecular complexity index is 595. The Morgan fingerprint density at radius 3 is 2.52 bits per heavy atom. The second-order valence-electron chi connectivity index (χ2n) is 5.95. The van der Waals surface area contributed by atoms with E-state index in [-0.39, 0.29) is 0 Å². The lowest BCUT2D eigenvalue weighted by atomic mass is 10.2. The topological polar surface area (TPSA) is 47.1 Å². The number of rotatable bonds is 3. The highest BCUT2D eigenvalue weighted by Gasteiger charge is 2.13. The van der Waals surface area contributed by atoms with E-state index in [2.05, 4.69) is 24.0 Å². The van der Waals surface area contributed by atoms with Crippen molar-refractivity contribution in [3.63, 3.8) is 0 Å². The highest BCUT2D eigenvalue weighted by molar-refractivity contribution is 5.47. The van der Waals surface area contributed by atoms with Crippen LogP contribution in [0.2, 0.25) is 0 Å². The number of aromatic nitrogens is 2. The van der Waals surface area contributed by atoms with Crippen LogP contribution >= 0.6 is 0 Å². The summed E-state index contributed by atoms with van der Waals surface area (Å²) in [4.78, 5) is 2.50. The number of para-hydroxylation sites is 1. The van der Waals surface area contributed by atoms with Gasteiger partial charge in [-0.15, -0.1) is 0 Å². The molecule has 0 atom stereocenters. The van der Waals surface area contributed by atoms with Crippen LogP contribution in [0, 0.1) is 6.92 Å². The van der Waals surface area contributed by atoms with Gasteiger partial charge in [0.1, 0.15) is 5.82 Å². The minimum Gasteiger partial charge on any atom is -0.384 e. The fraction of sp³-hybridized carbons (Fsp3) is 0.471. The molecule has 1 aliphatic rings. The van der Waals surface area contributed by atoms with Crippen LogP contribution in [-0.2, 0) is 6.54 Å². The summed E-state index contributed by atoms with van der Waals surface area (Å²) in [7, 11) is 0. The molecule has 1 fully saturated rings. The van der Waals surface area contributed by atoms with Crippen molar-refractivity contribution < 1.29 is 0 Å². The van der Waals surface area contributed by atoms with Crippen molar-refractivity contribution in [3.8, 4) is 5.69 Å². The smallest absolute Gasteiger partial charge is 0.127 e. The van der Waals surface area contributed by atoms with Crippen LogP contribution in [0.5, 0.6) is 0 Å². The van der Waals surface area contributed by atoms with Gasteiger partial charge in [0.25, 0.3) is 0 Å². The summed E-state index contributed by atoms with van der Waals surface area (Å²) >= 11 is 0. The van der Waals surface area contributed by atoms with Gasteiger partial charge in [-0.05, 0) is 44.5 Å². The summed E-state index contributed by atoms with van der Waals surface area (Å²) < 4.78 is 1.86. The summed E-state index contributed by atoms with van der Waals surface area (Å²) in [5, 5.41) is 4.72. The number of likely N-dealkylation sites (tertiary alicyclic amines) is 1. The van der Waals surface area contributed by atoms with Crippen molar-refractivity contribution in [3.05, 3.63) is 41.6 Å². The van der Waals surface area contributed by atoms with Crippen LogP contribution < -0.4 is 5.73 Å². The number of nitrogens with two attached hydrogens (primary N) is 1. The molecule has 0 radical (unpaired) electrons. The minimum absolute atomic E-state index is 0.717. The van der Waals surface area contributed by atoms with Crippen molar-refractivity contribution in [1.29, 1.82) is 0 Å². The molecule has 1 aliphatic heterocycles. The molecule has 21 heavy (non-hydrogen) atoms. The molecule has 4 heteroatoms. The molecule has 0 bridgehead atoms. The number of nitrogens with zero attached hydrogens (tertiary/aromatic N) is 3. The summed E-state index contributed by atoms with van der Waals surface area (Å²) in [6, 6.07) is 10.2. The normalized spacial score (nSPS) is 16.8. The zero-order chi connectivity index (χ0) is 14.7. The standard InChI is InChI=1S/C17H24N4/c1-14-8-4-5-9-16(14)21-17(18)12-15(19-21)13-20-10-6-2-3-7-11-20/h4-5,8-9,12H,2-3,6-7,10-11,13,18H2,1H3. The lowest BCUT2D eigenvalue weighted by Gasteiger charge is -2.17. The maximum absolute atomic E-state index is 6.16. The van der Waals surface area contributed by atoms with Crippen LogP contribution in [0.4, 0.5) is 5.82 Å². The molecule has 0 aliphatic carbocycles. The van der Waals surface area contributed by atoms with E-state index in [1.54, 1.807) is 0 Å². The summed E-state index contributed by atoms with van der Waals surface area (Å²) in [5.74, 6) is 0.717. The lowest BCUT2D eigenvalue weighted by Crippen LogP contribution is -2.24. The Balaban J connectivity index is 1.79. The largest absolute Gasteiger partial charge is 0.384 e. The predicted molar refractivity (Wildman–Crippen MR) is 86.5 cm³/mol. The maximum Gasteiger partial charge on any atom is 0.127 e. The van der Waals surface area contributed by atoms with Crippen molar-refractivity contribution in [1.82, 2.24) is 14.7 Å². The monoisotopic (exact) mass is 284 g/mol. The zero-order valence-electron chi connectivity index (χ0n) is 12.8. The van der Waals surface area contributed by atoms with Crippen LogP contribution in [0.3, 0.4) is 0 Å². The first-order valence-corrected chi connectivity index (χ1v) is 7.87. The molecule has 2 N–H and O–H groups in total. The van der Waals surface area contributed by atoms with E-state index in [4.69, 9.17) is 10.8 Å². The average Bonchev–Trinajstić information content (AvgIpc) is 2.67. The molecule has 112 valence electrons. The second kappa shape index (κ2) is 6.31. The van der Waals surface area contributed by atoms with E-state index in [1.807, 2.05) is 22.9 Å². The fourth-order valence-corrected chi connectivity index (χ4v) is 3.04. The Morgan fingerprint density at radius 1 is 1.10 bits per heavy atom. The van der Waals surface area contributed by atoms with E-state index in [0.29, 0.717) is 5.82 Å². The Kier molecular flexibility index (Phi) is 4.25. The Hall–Kier alpha value is -1.81. The van der Waals surface area contributed by atoms with Gasteiger partial charge in [-0.3, -0.25) is 4.90 Å². The fourth-order valence-electron chi connectivity index (χ4n) is 3.04. The minimum atomic E-state index is 0.717. The summed E-state index contributed by atoms with van der Waals surface area (Å²) in [6.45, 7) is 5.35. The third-order valence-corrected chi connectivity index (χ3v) is 4.22. The number of hydrogen-bond donors (Lipinski definition) is 1. The third-order valence-electron chi connectivity index (χ3n) is 4.22. The first-order chi connectivity index (χ1) is 10.2. The van der Waals surface area contributed by atoms with E-state index in [0.717, 1.165) is 17.9 Å². The van der Waals surface area contributed by atoms with Gasteiger partial charge in [-0.2, -0.15) is 5.10 Å². The number of hydrogen-bond acceptors (Lipinski definition) is 3. The maximum atomic E-state index is 6.16. The molecular formula is C17H24N4.